The molecule has 0 aliphatic rings. The van der Waals surface area contributed by atoms with Crippen molar-refractivity contribution in [2.45, 2.75) is 19.6 Å². The first-order valence-corrected chi connectivity index (χ1v) is 6.17. The largest absolute Gasteiger partial charge is 0.496 e. The summed E-state index contributed by atoms with van der Waals surface area (Å²) in [6, 6.07) is 8.12. The average Bonchev–Trinajstić information content (AvgIpc) is 2.87. The van der Waals surface area contributed by atoms with Gasteiger partial charge in [0.1, 0.15) is 5.75 Å². The van der Waals surface area contributed by atoms with Gasteiger partial charge in [-0.1, -0.05) is 0 Å². The van der Waals surface area contributed by atoms with Gasteiger partial charge in [0.05, 0.1) is 24.7 Å². The highest BCUT2D eigenvalue weighted by molar-refractivity contribution is 5.44. The van der Waals surface area contributed by atoms with Crippen LogP contribution in [0.15, 0.2) is 36.5 Å². The highest BCUT2D eigenvalue weighted by atomic mass is 16.6. The van der Waals surface area contributed by atoms with Gasteiger partial charge in [0, 0.05) is 29.6 Å². The van der Waals surface area contributed by atoms with Gasteiger partial charge >= 0.3 is 0 Å². The van der Waals surface area contributed by atoms with Crippen molar-refractivity contribution in [3.05, 3.63) is 57.9 Å². The van der Waals surface area contributed by atoms with Crippen molar-refractivity contribution in [2.75, 3.05) is 7.11 Å². The normalized spacial score (nSPS) is 12.2. The standard InChI is InChI=1S/C14H16N2O4/c1-10(17)13-4-3-7-15(13)9-11-8-12(16(18)19)5-6-14(11)20-2/h3-8,10,17H,9H2,1-2H3. The predicted octanol–water partition coefficient (Wildman–Crippen LogP) is 2.51. The molecule has 1 atom stereocenters. The molecular formula is C14H16N2O4. The summed E-state index contributed by atoms with van der Waals surface area (Å²) < 4.78 is 7.07. The van der Waals surface area contributed by atoms with Crippen molar-refractivity contribution in [3.8, 4) is 5.75 Å². The molecule has 0 saturated heterocycles. The van der Waals surface area contributed by atoms with E-state index in [0.29, 0.717) is 17.9 Å². The van der Waals surface area contributed by atoms with Crippen LogP contribution in [0.25, 0.3) is 0 Å². The van der Waals surface area contributed by atoms with E-state index in [1.54, 1.807) is 13.0 Å². The van der Waals surface area contributed by atoms with Crippen molar-refractivity contribution < 1.29 is 14.8 Å². The molecule has 0 spiro atoms. The van der Waals surface area contributed by atoms with Crippen molar-refractivity contribution in [2.24, 2.45) is 0 Å². The van der Waals surface area contributed by atoms with Gasteiger partial charge in [-0.05, 0) is 25.1 Å². The van der Waals surface area contributed by atoms with E-state index in [2.05, 4.69) is 0 Å². The van der Waals surface area contributed by atoms with Gasteiger partial charge in [0.25, 0.3) is 5.69 Å². The molecule has 2 rings (SSSR count). The molecule has 106 valence electrons. The van der Waals surface area contributed by atoms with Crippen LogP contribution in [0.1, 0.15) is 24.3 Å². The van der Waals surface area contributed by atoms with Gasteiger partial charge in [0.2, 0.25) is 0 Å². The third kappa shape index (κ3) is 2.80. The molecular weight excluding hydrogens is 260 g/mol. The minimum atomic E-state index is -0.602. The summed E-state index contributed by atoms with van der Waals surface area (Å²) in [6.45, 7) is 2.08. The van der Waals surface area contributed by atoms with Crippen LogP contribution in [0.5, 0.6) is 5.75 Å². The third-order valence-electron chi connectivity index (χ3n) is 3.11. The summed E-state index contributed by atoms with van der Waals surface area (Å²) in [7, 11) is 1.52. The highest BCUT2D eigenvalue weighted by Gasteiger charge is 2.14. The van der Waals surface area contributed by atoms with Crippen LogP contribution in [-0.4, -0.2) is 21.7 Å². The number of aliphatic hydroxyl groups excluding tert-OH is 1. The fourth-order valence-corrected chi connectivity index (χ4v) is 2.14. The highest BCUT2D eigenvalue weighted by Crippen LogP contribution is 2.26. The summed E-state index contributed by atoms with van der Waals surface area (Å²) >= 11 is 0. The Morgan fingerprint density at radius 3 is 2.80 bits per heavy atom. The quantitative estimate of drug-likeness (QED) is 0.672. The number of rotatable bonds is 5. The maximum Gasteiger partial charge on any atom is 0.270 e. The molecule has 0 amide bonds. The first kappa shape index (κ1) is 14.1. The van der Waals surface area contributed by atoms with Gasteiger partial charge in [-0.3, -0.25) is 10.1 Å². The molecule has 1 N–H and O–H groups in total. The Hall–Kier alpha value is -2.34. The molecule has 0 aliphatic carbocycles. The van der Waals surface area contributed by atoms with Crippen molar-refractivity contribution in [1.29, 1.82) is 0 Å². The first-order chi connectivity index (χ1) is 9.52. The second-order valence-electron chi connectivity index (χ2n) is 4.49. The lowest BCUT2D eigenvalue weighted by Crippen LogP contribution is -2.07. The van der Waals surface area contributed by atoms with Gasteiger partial charge in [-0.15, -0.1) is 0 Å². The zero-order chi connectivity index (χ0) is 14.7. The molecule has 1 unspecified atom stereocenters. The van der Waals surface area contributed by atoms with Gasteiger partial charge in [0.15, 0.2) is 0 Å². The van der Waals surface area contributed by atoms with Crippen LogP contribution in [0.2, 0.25) is 0 Å². The lowest BCUT2D eigenvalue weighted by Gasteiger charge is -2.13. The summed E-state index contributed by atoms with van der Waals surface area (Å²) in [4.78, 5) is 10.4. The zero-order valence-corrected chi connectivity index (χ0v) is 11.3. The molecule has 1 aromatic heterocycles. The van der Waals surface area contributed by atoms with E-state index in [4.69, 9.17) is 4.74 Å². The second kappa shape index (κ2) is 5.75. The number of ether oxygens (including phenoxy) is 1. The minimum absolute atomic E-state index is 0.0200. The summed E-state index contributed by atoms with van der Waals surface area (Å²) in [5.41, 5.74) is 1.46. The molecule has 6 heteroatoms. The Balaban J connectivity index is 2.38. The molecule has 0 saturated carbocycles. The van der Waals surface area contributed by atoms with Gasteiger partial charge in [-0.2, -0.15) is 0 Å². The smallest absolute Gasteiger partial charge is 0.270 e. The fraction of sp³-hybridized carbons (Fsp3) is 0.286. The fourth-order valence-electron chi connectivity index (χ4n) is 2.14. The van der Waals surface area contributed by atoms with E-state index in [0.717, 1.165) is 5.69 Å². The maximum atomic E-state index is 10.8. The summed E-state index contributed by atoms with van der Waals surface area (Å²) in [6.07, 6.45) is 1.22. The number of nitrogens with zero attached hydrogens (tertiary/aromatic N) is 2. The van der Waals surface area contributed by atoms with E-state index < -0.39 is 11.0 Å². The molecule has 0 aliphatic heterocycles. The number of hydrogen-bond acceptors (Lipinski definition) is 4. The number of aliphatic hydroxyl groups is 1. The average molecular weight is 276 g/mol. The Morgan fingerprint density at radius 1 is 1.45 bits per heavy atom. The Labute approximate surface area is 116 Å². The summed E-state index contributed by atoms with van der Waals surface area (Å²) in [5.74, 6) is 0.584. The number of non-ortho nitro benzene ring substituents is 1. The summed E-state index contributed by atoms with van der Waals surface area (Å²) in [5, 5.41) is 20.5. The van der Waals surface area contributed by atoms with Crippen LogP contribution >= 0.6 is 0 Å². The van der Waals surface area contributed by atoms with Crippen molar-refractivity contribution in [3.63, 3.8) is 0 Å². The van der Waals surface area contributed by atoms with Crippen LogP contribution in [0.3, 0.4) is 0 Å². The lowest BCUT2D eigenvalue weighted by atomic mass is 10.1. The van der Waals surface area contributed by atoms with Crippen LogP contribution in [0, 0.1) is 10.1 Å². The number of benzene rings is 1. The Kier molecular flexibility index (Phi) is 4.05. The topological polar surface area (TPSA) is 77.5 Å². The van der Waals surface area contributed by atoms with E-state index >= 15 is 0 Å². The van der Waals surface area contributed by atoms with E-state index in [1.165, 1.54) is 19.2 Å². The number of nitro benzene ring substituents is 1. The molecule has 6 nitrogen and oxygen atoms in total. The zero-order valence-electron chi connectivity index (χ0n) is 11.3. The SMILES string of the molecule is COc1ccc([N+](=O)[O-])cc1Cn1cccc1C(C)O. The van der Waals surface area contributed by atoms with Crippen molar-refractivity contribution in [1.82, 2.24) is 4.57 Å². The molecule has 20 heavy (non-hydrogen) atoms. The monoisotopic (exact) mass is 276 g/mol. The van der Waals surface area contributed by atoms with Crippen LogP contribution < -0.4 is 4.74 Å². The number of methoxy groups -OCH3 is 1. The maximum absolute atomic E-state index is 10.8. The lowest BCUT2D eigenvalue weighted by molar-refractivity contribution is -0.384. The second-order valence-corrected chi connectivity index (χ2v) is 4.49. The first-order valence-electron chi connectivity index (χ1n) is 6.17. The minimum Gasteiger partial charge on any atom is -0.496 e. The van der Waals surface area contributed by atoms with E-state index in [1.807, 2.05) is 22.9 Å². The number of aromatic nitrogens is 1. The predicted molar refractivity (Wildman–Crippen MR) is 73.8 cm³/mol. The van der Waals surface area contributed by atoms with E-state index in [9.17, 15) is 15.2 Å². The van der Waals surface area contributed by atoms with Crippen LogP contribution in [0.4, 0.5) is 5.69 Å². The third-order valence-corrected chi connectivity index (χ3v) is 3.11. The number of nitro groups is 1. The molecule has 0 fully saturated rings. The molecule has 1 aromatic carbocycles. The Morgan fingerprint density at radius 2 is 2.20 bits per heavy atom. The van der Waals surface area contributed by atoms with Gasteiger partial charge in [-0.25, -0.2) is 0 Å². The molecule has 2 aromatic rings. The van der Waals surface area contributed by atoms with E-state index in [-0.39, 0.29) is 5.69 Å². The number of hydrogen-bond donors (Lipinski definition) is 1. The molecule has 0 bridgehead atoms. The van der Waals surface area contributed by atoms with Crippen LogP contribution in [-0.2, 0) is 6.54 Å². The molecule has 1 heterocycles. The van der Waals surface area contributed by atoms with Crippen molar-refractivity contribution >= 4 is 5.69 Å². The molecule has 0 radical (unpaired) electrons. The van der Waals surface area contributed by atoms with Gasteiger partial charge < -0.3 is 14.4 Å². The Bertz CT molecular complexity index is 619.